The van der Waals surface area contributed by atoms with E-state index >= 15 is 0 Å². The summed E-state index contributed by atoms with van der Waals surface area (Å²) in [6.07, 6.45) is 4.96. The standard InChI is InChI=1S/C10H8ClN3/c11-8-4-9(10(12)14-6-8)7-2-1-3-13-5-7/h1-6H,(H2,12,14). The van der Waals surface area contributed by atoms with E-state index in [4.69, 9.17) is 17.3 Å². The van der Waals surface area contributed by atoms with E-state index in [1.807, 2.05) is 12.1 Å². The Morgan fingerprint density at radius 2 is 2.14 bits per heavy atom. The van der Waals surface area contributed by atoms with E-state index < -0.39 is 0 Å². The number of nitrogen functional groups attached to an aromatic ring is 1. The molecule has 0 fully saturated rings. The van der Waals surface area contributed by atoms with Crippen molar-refractivity contribution in [3.05, 3.63) is 41.8 Å². The summed E-state index contributed by atoms with van der Waals surface area (Å²) in [6.45, 7) is 0. The molecular formula is C10H8ClN3. The topological polar surface area (TPSA) is 51.8 Å². The Morgan fingerprint density at radius 3 is 2.86 bits per heavy atom. The molecule has 0 unspecified atom stereocenters. The van der Waals surface area contributed by atoms with Crippen molar-refractivity contribution in [1.82, 2.24) is 9.97 Å². The number of pyridine rings is 2. The van der Waals surface area contributed by atoms with E-state index in [1.54, 1.807) is 18.5 Å². The number of aromatic nitrogens is 2. The number of hydrogen-bond acceptors (Lipinski definition) is 3. The highest BCUT2D eigenvalue weighted by Gasteiger charge is 2.03. The fourth-order valence-electron chi connectivity index (χ4n) is 1.20. The third-order valence-electron chi connectivity index (χ3n) is 1.86. The van der Waals surface area contributed by atoms with Crippen LogP contribution in [0.3, 0.4) is 0 Å². The molecule has 2 rings (SSSR count). The Kier molecular flexibility index (Phi) is 2.33. The minimum Gasteiger partial charge on any atom is -0.383 e. The van der Waals surface area contributed by atoms with Gasteiger partial charge < -0.3 is 5.73 Å². The zero-order valence-corrected chi connectivity index (χ0v) is 8.07. The summed E-state index contributed by atoms with van der Waals surface area (Å²) >= 11 is 5.83. The van der Waals surface area contributed by atoms with E-state index in [2.05, 4.69) is 9.97 Å². The highest BCUT2D eigenvalue weighted by Crippen LogP contribution is 2.25. The monoisotopic (exact) mass is 205 g/mol. The first-order valence-electron chi connectivity index (χ1n) is 4.09. The van der Waals surface area contributed by atoms with E-state index in [1.165, 1.54) is 6.20 Å². The molecule has 0 saturated heterocycles. The number of anilines is 1. The molecule has 14 heavy (non-hydrogen) atoms. The van der Waals surface area contributed by atoms with Crippen LogP contribution in [-0.2, 0) is 0 Å². The third kappa shape index (κ3) is 1.67. The molecule has 0 amide bonds. The molecule has 0 radical (unpaired) electrons. The molecule has 2 heterocycles. The van der Waals surface area contributed by atoms with Gasteiger partial charge in [0.05, 0.1) is 5.02 Å². The van der Waals surface area contributed by atoms with Gasteiger partial charge in [0, 0.05) is 29.7 Å². The van der Waals surface area contributed by atoms with Gasteiger partial charge in [0.25, 0.3) is 0 Å². The van der Waals surface area contributed by atoms with Crippen molar-refractivity contribution < 1.29 is 0 Å². The summed E-state index contributed by atoms with van der Waals surface area (Å²) in [4.78, 5) is 7.98. The number of hydrogen-bond donors (Lipinski definition) is 1. The molecular weight excluding hydrogens is 198 g/mol. The van der Waals surface area contributed by atoms with E-state index in [9.17, 15) is 0 Å². The Balaban J connectivity index is 2.57. The SMILES string of the molecule is Nc1ncc(Cl)cc1-c1cccnc1. The maximum absolute atomic E-state index is 5.83. The molecule has 0 aliphatic carbocycles. The Labute approximate surface area is 86.6 Å². The summed E-state index contributed by atoms with van der Waals surface area (Å²) in [5, 5.41) is 0.568. The average molecular weight is 206 g/mol. The molecule has 2 N–H and O–H groups in total. The van der Waals surface area contributed by atoms with Crippen molar-refractivity contribution in [2.24, 2.45) is 0 Å². The number of nitrogens with zero attached hydrogens (tertiary/aromatic N) is 2. The molecule has 3 nitrogen and oxygen atoms in total. The molecule has 0 aliphatic heterocycles. The largest absolute Gasteiger partial charge is 0.383 e. The lowest BCUT2D eigenvalue weighted by atomic mass is 10.1. The van der Waals surface area contributed by atoms with Crippen molar-refractivity contribution in [2.75, 3.05) is 5.73 Å². The molecule has 4 heteroatoms. The van der Waals surface area contributed by atoms with Crippen molar-refractivity contribution >= 4 is 17.4 Å². The quantitative estimate of drug-likeness (QED) is 0.778. The van der Waals surface area contributed by atoms with Crippen molar-refractivity contribution in [3.63, 3.8) is 0 Å². The predicted molar refractivity (Wildman–Crippen MR) is 56.9 cm³/mol. The van der Waals surface area contributed by atoms with Crippen LogP contribution >= 0.6 is 11.6 Å². The van der Waals surface area contributed by atoms with E-state index in [0.717, 1.165) is 11.1 Å². The second kappa shape index (κ2) is 3.64. The van der Waals surface area contributed by atoms with Gasteiger partial charge in [-0.15, -0.1) is 0 Å². The second-order valence-electron chi connectivity index (χ2n) is 2.83. The minimum atomic E-state index is 0.461. The van der Waals surface area contributed by atoms with Gasteiger partial charge in [-0.05, 0) is 12.1 Å². The first kappa shape index (κ1) is 8.97. The average Bonchev–Trinajstić information content (AvgIpc) is 2.23. The molecule has 0 aliphatic rings. The molecule has 70 valence electrons. The highest BCUT2D eigenvalue weighted by atomic mass is 35.5. The fraction of sp³-hybridized carbons (Fsp3) is 0. The Hall–Kier alpha value is -1.61. The fourth-order valence-corrected chi connectivity index (χ4v) is 1.36. The molecule has 0 bridgehead atoms. The first-order chi connectivity index (χ1) is 6.77. The molecule has 2 aromatic heterocycles. The summed E-state index contributed by atoms with van der Waals surface area (Å²) in [5.74, 6) is 0.461. The maximum atomic E-state index is 5.83. The Morgan fingerprint density at radius 1 is 1.29 bits per heavy atom. The van der Waals surface area contributed by atoms with Crippen molar-refractivity contribution in [2.45, 2.75) is 0 Å². The van der Waals surface area contributed by atoms with Crippen LogP contribution in [0, 0.1) is 0 Å². The second-order valence-corrected chi connectivity index (χ2v) is 3.26. The van der Waals surface area contributed by atoms with Gasteiger partial charge in [0.1, 0.15) is 5.82 Å². The van der Waals surface area contributed by atoms with Crippen LogP contribution in [0.15, 0.2) is 36.8 Å². The van der Waals surface area contributed by atoms with Crippen LogP contribution in [0.5, 0.6) is 0 Å². The third-order valence-corrected chi connectivity index (χ3v) is 2.06. The zero-order valence-electron chi connectivity index (χ0n) is 7.31. The molecule has 0 spiro atoms. The van der Waals surface area contributed by atoms with Crippen LogP contribution in [0.25, 0.3) is 11.1 Å². The van der Waals surface area contributed by atoms with Crippen LogP contribution < -0.4 is 5.73 Å². The molecule has 0 aromatic carbocycles. The maximum Gasteiger partial charge on any atom is 0.131 e. The number of halogens is 1. The van der Waals surface area contributed by atoms with Crippen LogP contribution in [0.2, 0.25) is 5.02 Å². The Bertz CT molecular complexity index is 442. The smallest absolute Gasteiger partial charge is 0.131 e. The van der Waals surface area contributed by atoms with Crippen LogP contribution in [-0.4, -0.2) is 9.97 Å². The van der Waals surface area contributed by atoms with Crippen molar-refractivity contribution in [3.8, 4) is 11.1 Å². The van der Waals surface area contributed by atoms with Crippen LogP contribution in [0.4, 0.5) is 5.82 Å². The summed E-state index contributed by atoms with van der Waals surface area (Å²) in [7, 11) is 0. The lowest BCUT2D eigenvalue weighted by Gasteiger charge is -2.03. The summed E-state index contributed by atoms with van der Waals surface area (Å²) in [6, 6.07) is 5.54. The summed E-state index contributed by atoms with van der Waals surface area (Å²) < 4.78 is 0. The van der Waals surface area contributed by atoms with Gasteiger partial charge in [0.2, 0.25) is 0 Å². The van der Waals surface area contributed by atoms with Gasteiger partial charge >= 0.3 is 0 Å². The van der Waals surface area contributed by atoms with E-state index in [-0.39, 0.29) is 0 Å². The van der Waals surface area contributed by atoms with Gasteiger partial charge in [-0.1, -0.05) is 17.7 Å². The lowest BCUT2D eigenvalue weighted by molar-refractivity contribution is 1.30. The van der Waals surface area contributed by atoms with Crippen molar-refractivity contribution in [1.29, 1.82) is 0 Å². The van der Waals surface area contributed by atoms with Gasteiger partial charge in [-0.2, -0.15) is 0 Å². The first-order valence-corrected chi connectivity index (χ1v) is 4.46. The molecule has 0 atom stereocenters. The van der Waals surface area contributed by atoms with Crippen LogP contribution in [0.1, 0.15) is 0 Å². The molecule has 2 aromatic rings. The molecule has 0 saturated carbocycles. The van der Waals surface area contributed by atoms with Gasteiger partial charge in [0.15, 0.2) is 0 Å². The van der Waals surface area contributed by atoms with E-state index in [0.29, 0.717) is 10.8 Å². The van der Waals surface area contributed by atoms with Gasteiger partial charge in [-0.3, -0.25) is 4.98 Å². The predicted octanol–water partition coefficient (Wildman–Crippen LogP) is 2.38. The lowest BCUT2D eigenvalue weighted by Crippen LogP contribution is -1.93. The minimum absolute atomic E-state index is 0.461. The zero-order chi connectivity index (χ0) is 9.97. The highest BCUT2D eigenvalue weighted by molar-refractivity contribution is 6.30. The normalized spacial score (nSPS) is 10.1. The number of nitrogens with two attached hydrogens (primary N) is 1. The summed E-state index contributed by atoms with van der Waals surface area (Å²) in [5.41, 5.74) is 7.45. The number of rotatable bonds is 1. The van der Waals surface area contributed by atoms with Gasteiger partial charge in [-0.25, -0.2) is 4.98 Å².